The third-order valence-electron chi connectivity index (χ3n) is 6.53. The Bertz CT molecular complexity index is 1200. The largest absolute Gasteiger partial charge is 0.508 e. The predicted molar refractivity (Wildman–Crippen MR) is 130 cm³/mol. The summed E-state index contributed by atoms with van der Waals surface area (Å²) in [4.78, 5) is 0. The molecule has 1 aliphatic carbocycles. The highest BCUT2D eigenvalue weighted by Crippen LogP contribution is 2.41. The summed E-state index contributed by atoms with van der Waals surface area (Å²) >= 11 is 0. The summed E-state index contributed by atoms with van der Waals surface area (Å²) in [7, 11) is 0. The lowest BCUT2D eigenvalue weighted by atomic mass is 9.91. The van der Waals surface area contributed by atoms with Crippen molar-refractivity contribution >= 4 is 0 Å². The molecule has 8 heteroatoms. The van der Waals surface area contributed by atoms with Crippen LogP contribution < -0.4 is 0 Å². The third-order valence-corrected chi connectivity index (χ3v) is 6.53. The maximum Gasteiger partial charge on any atom is 0.122 e. The van der Waals surface area contributed by atoms with Gasteiger partial charge < -0.3 is 40.9 Å². The van der Waals surface area contributed by atoms with Gasteiger partial charge in [-0.05, 0) is 48.5 Å². The number of hydrogen-bond donors (Lipinski definition) is 8. The van der Waals surface area contributed by atoms with Crippen molar-refractivity contribution in [1.29, 1.82) is 0 Å². The van der Waals surface area contributed by atoms with E-state index in [0.717, 1.165) is 0 Å². The summed E-state index contributed by atoms with van der Waals surface area (Å²) in [5.41, 5.74) is 2.16. The third kappa shape index (κ3) is 4.13. The van der Waals surface area contributed by atoms with E-state index >= 15 is 0 Å². The molecule has 5 rings (SSSR count). The van der Waals surface area contributed by atoms with E-state index in [1.165, 1.54) is 48.5 Å². The lowest BCUT2D eigenvalue weighted by Crippen LogP contribution is -2.01. The molecule has 0 fully saturated rings. The summed E-state index contributed by atoms with van der Waals surface area (Å²) in [6.45, 7) is 0. The molecule has 36 heavy (non-hydrogen) atoms. The van der Waals surface area contributed by atoms with Gasteiger partial charge in [-0.2, -0.15) is 0 Å². The average Bonchev–Trinajstić information content (AvgIpc) is 2.80. The molecule has 1 aliphatic rings. The molecule has 8 nitrogen and oxygen atoms in total. The molecule has 0 saturated heterocycles. The van der Waals surface area contributed by atoms with Crippen molar-refractivity contribution in [2.24, 2.45) is 0 Å². The summed E-state index contributed by atoms with van der Waals surface area (Å²) in [5.74, 6) is -1.24. The van der Waals surface area contributed by atoms with Gasteiger partial charge >= 0.3 is 0 Å². The van der Waals surface area contributed by atoms with E-state index in [0.29, 0.717) is 0 Å². The molecule has 0 aliphatic heterocycles. The van der Waals surface area contributed by atoms with Gasteiger partial charge in [-0.25, -0.2) is 0 Å². The van der Waals surface area contributed by atoms with Gasteiger partial charge in [-0.3, -0.25) is 0 Å². The first-order chi connectivity index (χ1) is 17.1. The molecule has 0 spiro atoms. The second-order valence-electron chi connectivity index (χ2n) is 9.16. The van der Waals surface area contributed by atoms with Crippen molar-refractivity contribution < 1.29 is 40.9 Å². The number of aromatic hydroxyl groups is 8. The zero-order valence-corrected chi connectivity index (χ0v) is 19.0. The Labute approximate surface area is 205 Å². The Kier molecular flexibility index (Phi) is 5.44. The van der Waals surface area contributed by atoms with Gasteiger partial charge in [0.1, 0.15) is 46.0 Å². The Morgan fingerprint density at radius 2 is 0.417 bits per heavy atom. The smallest absolute Gasteiger partial charge is 0.122 e. The number of hydrogen-bond acceptors (Lipinski definition) is 8. The Hall–Kier alpha value is -4.72. The molecule has 184 valence electrons. The van der Waals surface area contributed by atoms with Gasteiger partial charge in [-0.1, -0.05) is 0 Å². The number of fused-ring (bicyclic) bond motifs is 8. The second-order valence-corrected chi connectivity index (χ2v) is 9.16. The molecular weight excluding hydrogens is 464 g/mol. The van der Waals surface area contributed by atoms with Crippen LogP contribution in [0.4, 0.5) is 0 Å². The van der Waals surface area contributed by atoms with E-state index in [-0.39, 0.29) is 116 Å². The van der Waals surface area contributed by atoms with Gasteiger partial charge in [0.05, 0.1) is 0 Å². The fraction of sp³-hybridized carbons (Fsp3) is 0.143. The lowest BCUT2D eigenvalue weighted by molar-refractivity contribution is 0.436. The van der Waals surface area contributed by atoms with Crippen molar-refractivity contribution in [1.82, 2.24) is 0 Å². The monoisotopic (exact) mass is 488 g/mol. The molecule has 0 amide bonds. The number of rotatable bonds is 0. The predicted octanol–water partition coefficient (Wildman–Crippen LogP) is 4.01. The van der Waals surface area contributed by atoms with E-state index < -0.39 is 0 Å². The first-order valence-electron chi connectivity index (χ1n) is 11.2. The van der Waals surface area contributed by atoms with Crippen LogP contribution in [0.2, 0.25) is 0 Å². The van der Waals surface area contributed by atoms with Crippen molar-refractivity contribution in [2.75, 3.05) is 0 Å². The van der Waals surface area contributed by atoms with Gasteiger partial charge in [0.25, 0.3) is 0 Å². The fourth-order valence-electron chi connectivity index (χ4n) is 4.87. The zero-order chi connectivity index (χ0) is 25.7. The standard InChI is InChI=1S/C28H24O8/c29-21-5-13-1-14-6-22(30)8-16(26(14)34)3-18-10-24(32)12-20(28(18)36)4-19-11-23(31)9-17(27(19)35)2-15(7-21)25(13)33/h5-12,29-36H,1-4H2. The number of benzene rings is 4. The quantitative estimate of drug-likeness (QED) is 0.152. The lowest BCUT2D eigenvalue weighted by Gasteiger charge is -2.18. The molecule has 4 aromatic rings. The first kappa shape index (κ1) is 23.0. The van der Waals surface area contributed by atoms with Crippen LogP contribution in [0.3, 0.4) is 0 Å². The first-order valence-corrected chi connectivity index (χ1v) is 11.2. The minimum atomic E-state index is -0.165. The van der Waals surface area contributed by atoms with Crippen molar-refractivity contribution in [2.45, 2.75) is 25.7 Å². The van der Waals surface area contributed by atoms with Gasteiger partial charge in [0, 0.05) is 70.2 Å². The highest BCUT2D eigenvalue weighted by atomic mass is 16.3. The summed E-state index contributed by atoms with van der Waals surface area (Å²) in [6, 6.07) is 10.7. The molecule has 0 aromatic heterocycles. The van der Waals surface area contributed by atoms with Crippen LogP contribution >= 0.6 is 0 Å². The minimum absolute atomic E-state index is 0.0466. The van der Waals surface area contributed by atoms with Gasteiger partial charge in [0.15, 0.2) is 0 Å². The molecule has 8 N–H and O–H groups in total. The normalized spacial score (nSPS) is 12.9. The molecule has 0 radical (unpaired) electrons. The SMILES string of the molecule is Oc1cc2c(O)c(c1)Cc1cc(O)cc(c1O)Cc1cc(O)cc(c1O)Cc1cc(O)cc(c1O)C2. The van der Waals surface area contributed by atoms with Crippen molar-refractivity contribution in [3.63, 3.8) is 0 Å². The summed E-state index contributed by atoms with van der Waals surface area (Å²) in [5, 5.41) is 85.2. The van der Waals surface area contributed by atoms with Crippen LogP contribution in [-0.4, -0.2) is 40.9 Å². The Balaban J connectivity index is 1.78. The van der Waals surface area contributed by atoms with Gasteiger partial charge in [0.2, 0.25) is 0 Å². The van der Waals surface area contributed by atoms with Crippen LogP contribution in [0.15, 0.2) is 48.5 Å². The van der Waals surface area contributed by atoms with E-state index in [2.05, 4.69) is 0 Å². The van der Waals surface area contributed by atoms with Gasteiger partial charge in [-0.15, -0.1) is 0 Å². The zero-order valence-electron chi connectivity index (χ0n) is 19.0. The van der Waals surface area contributed by atoms with E-state index in [4.69, 9.17) is 0 Å². The molecule has 0 unspecified atom stereocenters. The number of phenols is 8. The average molecular weight is 488 g/mol. The highest BCUT2D eigenvalue weighted by molar-refractivity contribution is 5.59. The van der Waals surface area contributed by atoms with Crippen molar-refractivity contribution in [3.8, 4) is 46.0 Å². The Morgan fingerprint density at radius 1 is 0.278 bits per heavy atom. The maximum absolute atomic E-state index is 11.0. The topological polar surface area (TPSA) is 162 Å². The van der Waals surface area contributed by atoms with Crippen LogP contribution in [0.25, 0.3) is 0 Å². The molecule has 4 aromatic carbocycles. The summed E-state index contributed by atoms with van der Waals surface area (Å²) < 4.78 is 0. The number of phenolic OH excluding ortho intramolecular Hbond substituents is 8. The van der Waals surface area contributed by atoms with Crippen LogP contribution in [0.1, 0.15) is 44.5 Å². The second kappa shape index (κ2) is 8.49. The molecule has 0 atom stereocenters. The molecule has 0 saturated carbocycles. The highest BCUT2D eigenvalue weighted by Gasteiger charge is 2.21. The minimum Gasteiger partial charge on any atom is -0.508 e. The van der Waals surface area contributed by atoms with Crippen LogP contribution in [0, 0.1) is 0 Å². The van der Waals surface area contributed by atoms with Crippen LogP contribution in [0.5, 0.6) is 46.0 Å². The van der Waals surface area contributed by atoms with E-state index in [1.54, 1.807) is 0 Å². The van der Waals surface area contributed by atoms with E-state index in [1.807, 2.05) is 0 Å². The van der Waals surface area contributed by atoms with Crippen molar-refractivity contribution in [3.05, 3.63) is 93.0 Å². The van der Waals surface area contributed by atoms with E-state index in [9.17, 15) is 40.9 Å². The van der Waals surface area contributed by atoms with Crippen LogP contribution in [-0.2, 0) is 25.7 Å². The molecule has 0 heterocycles. The maximum atomic E-state index is 11.0. The molecular formula is C28H24O8. The Morgan fingerprint density at radius 3 is 0.556 bits per heavy atom. The summed E-state index contributed by atoms with van der Waals surface area (Å²) in [6.07, 6.45) is -0.186. The fourth-order valence-corrected chi connectivity index (χ4v) is 4.87. The molecule has 8 bridgehead atoms.